The summed E-state index contributed by atoms with van der Waals surface area (Å²) in [5, 5.41) is 0.730. The molecule has 25 heavy (non-hydrogen) atoms. The van der Waals surface area contributed by atoms with Crippen LogP contribution in [0.25, 0.3) is 0 Å². The molecule has 0 fully saturated rings. The minimum Gasteiger partial charge on any atom is -0.496 e. The van der Waals surface area contributed by atoms with Crippen LogP contribution in [0.3, 0.4) is 0 Å². The van der Waals surface area contributed by atoms with Crippen LogP contribution in [0, 0.1) is 0 Å². The molecule has 0 bridgehead atoms. The first-order valence-corrected chi connectivity index (χ1v) is 8.76. The molecule has 2 rings (SSSR count). The molecule has 2 aromatic rings. The second-order valence-corrected chi connectivity index (χ2v) is 6.57. The third-order valence-electron chi connectivity index (χ3n) is 4.19. The Labute approximate surface area is 154 Å². The first-order valence-electron chi connectivity index (χ1n) is 8.38. The number of hydrogen-bond donors (Lipinski definition) is 1. The van der Waals surface area contributed by atoms with E-state index in [-0.39, 0.29) is 5.91 Å². The quantitative estimate of drug-likeness (QED) is 0.781. The fourth-order valence-corrected chi connectivity index (χ4v) is 2.88. The van der Waals surface area contributed by atoms with Gasteiger partial charge in [0.05, 0.1) is 13.2 Å². The summed E-state index contributed by atoms with van der Waals surface area (Å²) in [4.78, 5) is 14.1. The fourth-order valence-electron chi connectivity index (χ4n) is 2.75. The van der Waals surface area contributed by atoms with Crippen LogP contribution in [0.4, 0.5) is 0 Å². The number of carbonyl (C=O) groups excluding carboxylic acids is 1. The van der Waals surface area contributed by atoms with Gasteiger partial charge in [0.2, 0.25) is 5.91 Å². The third kappa shape index (κ3) is 5.76. The summed E-state index contributed by atoms with van der Waals surface area (Å²) in [6, 6.07) is 15.0. The molecular formula is C20H25ClN2O2. The molecular weight excluding hydrogens is 336 g/mol. The first kappa shape index (κ1) is 19.3. The molecule has 1 amide bonds. The molecule has 0 spiro atoms. The van der Waals surface area contributed by atoms with E-state index in [2.05, 4.69) is 0 Å². The number of hydrogen-bond acceptors (Lipinski definition) is 3. The molecule has 4 nitrogen and oxygen atoms in total. The van der Waals surface area contributed by atoms with E-state index in [4.69, 9.17) is 22.1 Å². The van der Waals surface area contributed by atoms with Gasteiger partial charge in [0.25, 0.3) is 0 Å². The maximum absolute atomic E-state index is 12.5. The zero-order valence-corrected chi connectivity index (χ0v) is 15.5. The van der Waals surface area contributed by atoms with Gasteiger partial charge in [-0.15, -0.1) is 0 Å². The highest BCUT2D eigenvalue weighted by Gasteiger charge is 2.18. The summed E-state index contributed by atoms with van der Waals surface area (Å²) < 4.78 is 5.33. The number of halogens is 1. The monoisotopic (exact) mass is 360 g/mol. The number of amides is 1. The van der Waals surface area contributed by atoms with E-state index in [1.54, 1.807) is 19.1 Å². The minimum absolute atomic E-state index is 0.0537. The van der Waals surface area contributed by atoms with Crippen molar-refractivity contribution in [1.29, 1.82) is 0 Å². The Kier molecular flexibility index (Phi) is 7.29. The molecule has 2 N–H and O–H groups in total. The van der Waals surface area contributed by atoms with Crippen LogP contribution < -0.4 is 10.5 Å². The molecule has 2 aromatic carbocycles. The molecule has 0 aliphatic carbocycles. The molecule has 0 radical (unpaired) electrons. The summed E-state index contributed by atoms with van der Waals surface area (Å²) in [5.41, 5.74) is 8.25. The first-order chi connectivity index (χ1) is 12.0. The van der Waals surface area contributed by atoms with Crippen molar-refractivity contribution >= 4 is 17.5 Å². The van der Waals surface area contributed by atoms with Gasteiger partial charge < -0.3 is 15.4 Å². The third-order valence-corrected chi connectivity index (χ3v) is 4.44. The smallest absolute Gasteiger partial charge is 0.239 e. The number of rotatable bonds is 8. The Morgan fingerprint density at radius 1 is 1.20 bits per heavy atom. The topological polar surface area (TPSA) is 55.6 Å². The Bertz CT molecular complexity index is 688. The molecule has 0 heterocycles. The number of benzene rings is 2. The molecule has 134 valence electrons. The minimum atomic E-state index is -0.494. The number of carbonyl (C=O) groups is 1. The van der Waals surface area contributed by atoms with Crippen LogP contribution in [0.2, 0.25) is 5.02 Å². The summed E-state index contributed by atoms with van der Waals surface area (Å²) in [7, 11) is 3.40. The number of para-hydroxylation sites is 1. The van der Waals surface area contributed by atoms with Crippen LogP contribution in [0.5, 0.6) is 5.75 Å². The average Bonchev–Trinajstić information content (AvgIpc) is 2.63. The SMILES string of the molecule is COc1ccccc1CN(C)C(=O)C(N)CCCc1ccc(Cl)cc1. The Morgan fingerprint density at radius 2 is 1.88 bits per heavy atom. The van der Waals surface area contributed by atoms with Gasteiger partial charge in [0.15, 0.2) is 0 Å². The van der Waals surface area contributed by atoms with E-state index >= 15 is 0 Å². The lowest BCUT2D eigenvalue weighted by Gasteiger charge is -2.22. The van der Waals surface area contributed by atoms with Crippen molar-refractivity contribution in [3.8, 4) is 5.75 Å². The second-order valence-electron chi connectivity index (χ2n) is 6.13. The highest BCUT2D eigenvalue weighted by molar-refractivity contribution is 6.30. The zero-order chi connectivity index (χ0) is 18.2. The van der Waals surface area contributed by atoms with Gasteiger partial charge in [-0.25, -0.2) is 0 Å². The summed E-state index contributed by atoms with van der Waals surface area (Å²) >= 11 is 5.88. The Hall–Kier alpha value is -2.04. The van der Waals surface area contributed by atoms with Crippen molar-refractivity contribution in [2.45, 2.75) is 31.8 Å². The van der Waals surface area contributed by atoms with Crippen molar-refractivity contribution in [2.24, 2.45) is 5.73 Å². The Balaban J connectivity index is 1.83. The lowest BCUT2D eigenvalue weighted by Crippen LogP contribution is -2.41. The van der Waals surface area contributed by atoms with Gasteiger partial charge in [0.1, 0.15) is 5.75 Å². The zero-order valence-electron chi connectivity index (χ0n) is 14.7. The van der Waals surface area contributed by atoms with E-state index < -0.39 is 6.04 Å². The molecule has 0 aliphatic heterocycles. The van der Waals surface area contributed by atoms with Crippen molar-refractivity contribution in [1.82, 2.24) is 4.90 Å². The molecule has 1 atom stereocenters. The van der Waals surface area contributed by atoms with Crippen molar-refractivity contribution in [3.63, 3.8) is 0 Å². The molecule has 0 aliphatic rings. The lowest BCUT2D eigenvalue weighted by molar-refractivity contribution is -0.132. The van der Waals surface area contributed by atoms with Crippen LogP contribution in [0.15, 0.2) is 48.5 Å². The van der Waals surface area contributed by atoms with Gasteiger partial charge in [-0.1, -0.05) is 41.9 Å². The van der Waals surface area contributed by atoms with Gasteiger partial charge in [-0.3, -0.25) is 4.79 Å². The number of nitrogens with zero attached hydrogens (tertiary/aromatic N) is 1. The number of likely N-dealkylation sites (N-methyl/N-ethyl adjacent to an activating group) is 1. The van der Waals surface area contributed by atoms with E-state index in [0.717, 1.165) is 29.2 Å². The van der Waals surface area contributed by atoms with Gasteiger partial charge in [-0.05, 0) is 43.0 Å². The van der Waals surface area contributed by atoms with Crippen molar-refractivity contribution in [3.05, 3.63) is 64.7 Å². The number of methoxy groups -OCH3 is 1. The molecule has 0 saturated carbocycles. The maximum Gasteiger partial charge on any atom is 0.239 e. The van der Waals surface area contributed by atoms with Gasteiger partial charge >= 0.3 is 0 Å². The maximum atomic E-state index is 12.5. The highest BCUT2D eigenvalue weighted by atomic mass is 35.5. The average molecular weight is 361 g/mol. The van der Waals surface area contributed by atoms with E-state index in [1.807, 2.05) is 48.5 Å². The molecule has 0 aromatic heterocycles. The van der Waals surface area contributed by atoms with Crippen LogP contribution in [-0.4, -0.2) is 31.0 Å². The number of nitrogens with two attached hydrogens (primary N) is 1. The normalized spacial score (nSPS) is 11.8. The predicted molar refractivity (Wildman–Crippen MR) is 102 cm³/mol. The van der Waals surface area contributed by atoms with E-state index in [0.29, 0.717) is 13.0 Å². The van der Waals surface area contributed by atoms with Crippen LogP contribution in [-0.2, 0) is 17.8 Å². The Morgan fingerprint density at radius 3 is 2.56 bits per heavy atom. The lowest BCUT2D eigenvalue weighted by atomic mass is 10.0. The number of aryl methyl sites for hydroxylation is 1. The van der Waals surface area contributed by atoms with E-state index in [9.17, 15) is 4.79 Å². The summed E-state index contributed by atoms with van der Waals surface area (Å²) in [6.45, 7) is 0.480. The highest BCUT2D eigenvalue weighted by Crippen LogP contribution is 2.19. The standard InChI is InChI=1S/C20H25ClN2O2/c1-23(14-16-7-3-4-9-19(16)25-2)20(24)18(22)8-5-6-15-10-12-17(21)13-11-15/h3-4,7,9-13,18H,5-6,8,14,22H2,1-2H3. The fraction of sp³-hybridized carbons (Fsp3) is 0.350. The largest absolute Gasteiger partial charge is 0.496 e. The van der Waals surface area contributed by atoms with Crippen LogP contribution in [0.1, 0.15) is 24.0 Å². The summed E-state index contributed by atoms with van der Waals surface area (Å²) in [5.74, 6) is 0.723. The van der Waals surface area contributed by atoms with Gasteiger partial charge in [-0.2, -0.15) is 0 Å². The van der Waals surface area contributed by atoms with Crippen molar-refractivity contribution in [2.75, 3.05) is 14.2 Å². The number of ether oxygens (including phenoxy) is 1. The summed E-state index contributed by atoms with van der Waals surface area (Å²) in [6.07, 6.45) is 2.39. The van der Waals surface area contributed by atoms with Gasteiger partial charge in [0, 0.05) is 24.2 Å². The molecule has 5 heteroatoms. The molecule has 1 unspecified atom stereocenters. The van der Waals surface area contributed by atoms with E-state index in [1.165, 1.54) is 5.56 Å². The van der Waals surface area contributed by atoms with Crippen LogP contribution >= 0.6 is 11.6 Å². The van der Waals surface area contributed by atoms with Crippen molar-refractivity contribution < 1.29 is 9.53 Å². The predicted octanol–water partition coefficient (Wildman–Crippen LogP) is 3.66. The molecule has 0 saturated heterocycles. The second kappa shape index (κ2) is 9.44.